The quantitative estimate of drug-likeness (QED) is 0.409. The Morgan fingerprint density at radius 2 is 1.48 bits per heavy atom. The smallest absolute Gasteiger partial charge is 0.178 e. The van der Waals surface area contributed by atoms with E-state index in [1.165, 1.54) is 16.3 Å². The molecule has 33 heavy (non-hydrogen) atoms. The first-order chi connectivity index (χ1) is 16.1. The first kappa shape index (κ1) is 21.1. The maximum atomic E-state index is 9.04. The molecule has 0 bridgehead atoms. The maximum absolute atomic E-state index is 9.04. The molecule has 5 rings (SSSR count). The van der Waals surface area contributed by atoms with E-state index in [1.54, 1.807) is 7.11 Å². The highest BCUT2D eigenvalue weighted by Gasteiger charge is 2.37. The first-order valence-corrected chi connectivity index (χ1v) is 11.0. The fourth-order valence-corrected chi connectivity index (χ4v) is 4.49. The summed E-state index contributed by atoms with van der Waals surface area (Å²) in [6.45, 7) is 2.36. The summed E-state index contributed by atoms with van der Waals surface area (Å²) < 4.78 is 17.8. The number of hydrogen-bond donors (Lipinski definition) is 1. The number of methoxy groups -OCH3 is 1. The van der Waals surface area contributed by atoms with Crippen molar-refractivity contribution in [3.8, 4) is 17.2 Å². The highest BCUT2D eigenvalue weighted by Crippen LogP contribution is 2.45. The minimum Gasteiger partial charge on any atom is -0.497 e. The summed E-state index contributed by atoms with van der Waals surface area (Å²) in [5.41, 5.74) is 3.44. The number of benzene rings is 4. The van der Waals surface area contributed by atoms with Crippen molar-refractivity contribution in [1.82, 2.24) is 0 Å². The van der Waals surface area contributed by atoms with E-state index in [1.807, 2.05) is 48.5 Å². The molecule has 4 aromatic carbocycles. The number of aliphatic hydroxyl groups excluding tert-OH is 1. The molecule has 1 heterocycles. The Labute approximate surface area is 193 Å². The number of ether oxygens (including phenoxy) is 3. The van der Waals surface area contributed by atoms with Crippen LogP contribution < -0.4 is 14.2 Å². The third-order valence-electron chi connectivity index (χ3n) is 6.17. The number of hydrogen-bond acceptors (Lipinski definition) is 4. The van der Waals surface area contributed by atoms with Crippen molar-refractivity contribution in [3.63, 3.8) is 0 Å². The van der Waals surface area contributed by atoms with E-state index in [2.05, 4.69) is 49.4 Å². The van der Waals surface area contributed by atoms with Crippen molar-refractivity contribution in [2.75, 3.05) is 20.3 Å². The van der Waals surface area contributed by atoms with Crippen molar-refractivity contribution in [2.24, 2.45) is 0 Å². The first-order valence-electron chi connectivity index (χ1n) is 11.0. The molecule has 0 radical (unpaired) electrons. The van der Waals surface area contributed by atoms with Crippen LogP contribution in [0.5, 0.6) is 17.2 Å². The molecule has 1 N–H and O–H groups in total. The second-order valence-corrected chi connectivity index (χ2v) is 8.15. The standard InChI is InChI=1S/C29H26O4/c1-20-19-28-27(26-6-4-3-5-25(20)26)15-16-29(33-28,21-7-11-23(31-2)12-8-21)22-9-13-24(14-10-22)32-18-17-30/h3-16,19,30H,17-18H2,1-2H3. The third-order valence-corrected chi connectivity index (χ3v) is 6.17. The Balaban J connectivity index is 1.65. The topological polar surface area (TPSA) is 47.9 Å². The molecule has 1 unspecified atom stereocenters. The number of aryl methyl sites for hydroxylation is 1. The van der Waals surface area contributed by atoms with E-state index in [4.69, 9.17) is 19.3 Å². The lowest BCUT2D eigenvalue weighted by Crippen LogP contribution is -2.34. The molecule has 0 spiro atoms. The molecular weight excluding hydrogens is 412 g/mol. The zero-order valence-electron chi connectivity index (χ0n) is 18.7. The fraction of sp³-hybridized carbons (Fsp3) is 0.172. The monoisotopic (exact) mass is 438 g/mol. The summed E-state index contributed by atoms with van der Waals surface area (Å²) in [5.74, 6) is 2.36. The molecule has 1 atom stereocenters. The summed E-state index contributed by atoms with van der Waals surface area (Å²) in [6.07, 6.45) is 4.30. The van der Waals surface area contributed by atoms with Crippen LogP contribution in [0.15, 0.2) is 84.9 Å². The molecule has 1 aliphatic heterocycles. The van der Waals surface area contributed by atoms with Crippen LogP contribution in [0.25, 0.3) is 16.8 Å². The van der Waals surface area contributed by atoms with Gasteiger partial charge < -0.3 is 19.3 Å². The van der Waals surface area contributed by atoms with Gasteiger partial charge in [-0.05, 0) is 65.7 Å². The van der Waals surface area contributed by atoms with Gasteiger partial charge in [0.05, 0.1) is 13.7 Å². The van der Waals surface area contributed by atoms with Gasteiger partial charge in [-0.15, -0.1) is 0 Å². The highest BCUT2D eigenvalue weighted by atomic mass is 16.5. The van der Waals surface area contributed by atoms with E-state index in [0.717, 1.165) is 28.2 Å². The maximum Gasteiger partial charge on any atom is 0.178 e. The fourth-order valence-electron chi connectivity index (χ4n) is 4.49. The zero-order valence-corrected chi connectivity index (χ0v) is 18.7. The largest absolute Gasteiger partial charge is 0.497 e. The Bertz CT molecular complexity index is 1310. The van der Waals surface area contributed by atoms with Gasteiger partial charge in [-0.25, -0.2) is 0 Å². The van der Waals surface area contributed by atoms with Crippen LogP contribution in [-0.2, 0) is 5.60 Å². The molecule has 0 saturated heterocycles. The lowest BCUT2D eigenvalue weighted by molar-refractivity contribution is 0.161. The molecule has 0 aromatic heterocycles. The summed E-state index contributed by atoms with van der Waals surface area (Å²) in [7, 11) is 1.66. The summed E-state index contributed by atoms with van der Waals surface area (Å²) in [5, 5.41) is 11.5. The minimum absolute atomic E-state index is 0.0204. The van der Waals surface area contributed by atoms with Crippen LogP contribution in [0.3, 0.4) is 0 Å². The van der Waals surface area contributed by atoms with E-state index < -0.39 is 5.60 Å². The van der Waals surface area contributed by atoms with E-state index >= 15 is 0 Å². The Morgan fingerprint density at radius 3 is 2.12 bits per heavy atom. The van der Waals surface area contributed by atoms with E-state index in [0.29, 0.717) is 5.75 Å². The van der Waals surface area contributed by atoms with Crippen molar-refractivity contribution >= 4 is 16.8 Å². The van der Waals surface area contributed by atoms with Gasteiger partial charge in [0, 0.05) is 16.7 Å². The van der Waals surface area contributed by atoms with E-state index in [9.17, 15) is 0 Å². The average molecular weight is 439 g/mol. The second kappa shape index (κ2) is 8.64. The average Bonchev–Trinajstić information content (AvgIpc) is 2.87. The van der Waals surface area contributed by atoms with Crippen LogP contribution in [0.2, 0.25) is 0 Å². The SMILES string of the molecule is COc1ccc(C2(c3ccc(OCCO)cc3)C=Cc3c(cc(C)c4ccccc34)O2)cc1. The van der Waals surface area contributed by atoms with Gasteiger partial charge in [-0.3, -0.25) is 0 Å². The van der Waals surface area contributed by atoms with Gasteiger partial charge in [0.15, 0.2) is 5.60 Å². The lowest BCUT2D eigenvalue weighted by atomic mass is 9.83. The minimum atomic E-state index is -0.802. The molecule has 0 saturated carbocycles. The summed E-state index contributed by atoms with van der Waals surface area (Å²) >= 11 is 0. The van der Waals surface area contributed by atoms with Gasteiger partial charge >= 0.3 is 0 Å². The number of rotatable bonds is 6. The third kappa shape index (κ3) is 3.73. The molecule has 0 aliphatic carbocycles. The summed E-state index contributed by atoms with van der Waals surface area (Å²) in [4.78, 5) is 0. The van der Waals surface area contributed by atoms with Gasteiger partial charge in [-0.2, -0.15) is 0 Å². The van der Waals surface area contributed by atoms with Crippen molar-refractivity contribution < 1.29 is 19.3 Å². The molecule has 4 heteroatoms. The van der Waals surface area contributed by atoms with Crippen molar-refractivity contribution in [1.29, 1.82) is 0 Å². The number of fused-ring (bicyclic) bond motifs is 3. The lowest BCUT2D eigenvalue weighted by Gasteiger charge is -2.36. The molecule has 166 valence electrons. The molecule has 4 nitrogen and oxygen atoms in total. The predicted octanol–water partition coefficient (Wildman–Crippen LogP) is 5.88. The van der Waals surface area contributed by atoms with Crippen molar-refractivity contribution in [3.05, 3.63) is 107 Å². The summed E-state index contributed by atoms with van der Waals surface area (Å²) in [6, 6.07) is 26.4. The zero-order chi connectivity index (χ0) is 22.8. The molecule has 0 amide bonds. The molecule has 0 fully saturated rings. The van der Waals surface area contributed by atoms with E-state index in [-0.39, 0.29) is 13.2 Å². The Morgan fingerprint density at radius 1 is 0.848 bits per heavy atom. The Hall–Kier alpha value is -3.76. The van der Waals surface area contributed by atoms with Gasteiger partial charge in [0.2, 0.25) is 0 Å². The van der Waals surface area contributed by atoms with Gasteiger partial charge in [0.25, 0.3) is 0 Å². The molecule has 1 aliphatic rings. The highest BCUT2D eigenvalue weighted by molar-refractivity contribution is 5.96. The molecular formula is C29H26O4. The van der Waals surface area contributed by atoms with Gasteiger partial charge in [0.1, 0.15) is 23.9 Å². The van der Waals surface area contributed by atoms with Crippen LogP contribution in [0.4, 0.5) is 0 Å². The normalized spacial score (nSPS) is 16.8. The van der Waals surface area contributed by atoms with Gasteiger partial charge in [-0.1, -0.05) is 48.5 Å². The van der Waals surface area contributed by atoms with Crippen LogP contribution in [0.1, 0.15) is 22.3 Å². The Kier molecular flexibility index (Phi) is 5.53. The second-order valence-electron chi connectivity index (χ2n) is 8.15. The van der Waals surface area contributed by atoms with Crippen molar-refractivity contribution in [2.45, 2.75) is 12.5 Å². The predicted molar refractivity (Wildman–Crippen MR) is 131 cm³/mol. The molecule has 4 aromatic rings. The van der Waals surface area contributed by atoms with Crippen LogP contribution in [0, 0.1) is 6.92 Å². The number of aliphatic hydroxyl groups is 1. The van der Waals surface area contributed by atoms with Crippen LogP contribution in [-0.4, -0.2) is 25.4 Å². The van der Waals surface area contributed by atoms with Crippen LogP contribution >= 0.6 is 0 Å².